The second-order valence-corrected chi connectivity index (χ2v) is 5.14. The van der Waals surface area contributed by atoms with Gasteiger partial charge in [0.25, 0.3) is 0 Å². The highest BCUT2D eigenvalue weighted by atomic mass is 32.2. The quantitative estimate of drug-likeness (QED) is 0.439. The molecule has 0 radical (unpaired) electrons. The summed E-state index contributed by atoms with van der Waals surface area (Å²) in [6.45, 7) is 3.90. The van der Waals surface area contributed by atoms with Crippen LogP contribution in [0.3, 0.4) is 0 Å². The number of allylic oxidation sites excluding steroid dienone is 5. The van der Waals surface area contributed by atoms with E-state index in [1.54, 1.807) is 0 Å². The Hall–Kier alpha value is -1.95. The van der Waals surface area contributed by atoms with Crippen LogP contribution in [0.5, 0.6) is 0 Å². The van der Waals surface area contributed by atoms with Crippen LogP contribution in [0.1, 0.15) is 0 Å². The molecule has 0 bridgehead atoms. The second-order valence-electron chi connectivity index (χ2n) is 4.15. The molecule has 5 nitrogen and oxygen atoms in total. The van der Waals surface area contributed by atoms with E-state index < -0.39 is 0 Å². The third kappa shape index (κ3) is 1.57. The van der Waals surface area contributed by atoms with Crippen molar-refractivity contribution >= 4 is 23.4 Å². The van der Waals surface area contributed by atoms with Gasteiger partial charge >= 0.3 is 0 Å². The van der Waals surface area contributed by atoms with E-state index in [9.17, 15) is 4.79 Å². The molecule has 1 unspecified atom stereocenters. The summed E-state index contributed by atoms with van der Waals surface area (Å²) in [6.07, 6.45) is 5.89. The summed E-state index contributed by atoms with van der Waals surface area (Å²) < 4.78 is 0. The fourth-order valence-electron chi connectivity index (χ4n) is 2.29. The summed E-state index contributed by atoms with van der Waals surface area (Å²) in [5, 5.41) is 10.7. The van der Waals surface area contributed by atoms with Gasteiger partial charge in [-0.05, 0) is 11.6 Å². The number of hydrazone groups is 1. The van der Waals surface area contributed by atoms with Crippen LogP contribution in [0.2, 0.25) is 0 Å². The number of carbonyl (C=O) groups is 1. The topological polar surface area (TPSA) is 79.5 Å². The molecule has 92 valence electrons. The first kappa shape index (κ1) is 11.2. The van der Waals surface area contributed by atoms with Crippen LogP contribution in [0.4, 0.5) is 0 Å². The summed E-state index contributed by atoms with van der Waals surface area (Å²) in [5.41, 5.74) is 3.44. The summed E-state index contributed by atoms with van der Waals surface area (Å²) in [4.78, 5) is 11.3. The van der Waals surface area contributed by atoms with E-state index in [1.807, 2.05) is 18.2 Å². The van der Waals surface area contributed by atoms with Crippen LogP contribution in [0.15, 0.2) is 51.9 Å². The third-order valence-electron chi connectivity index (χ3n) is 3.05. The zero-order valence-electron chi connectivity index (χ0n) is 9.56. The average molecular weight is 260 g/mol. The minimum absolute atomic E-state index is 0.0306. The Labute approximate surface area is 109 Å². The van der Waals surface area contributed by atoms with Crippen molar-refractivity contribution in [3.8, 4) is 0 Å². The monoisotopic (exact) mass is 260 g/mol. The first-order chi connectivity index (χ1) is 8.70. The first-order valence-electron chi connectivity index (χ1n) is 5.50. The maximum absolute atomic E-state index is 11.3. The molecule has 1 aliphatic carbocycles. The Morgan fingerprint density at radius 3 is 3.00 bits per heavy atom. The predicted molar refractivity (Wildman–Crippen MR) is 72.2 cm³/mol. The van der Waals surface area contributed by atoms with E-state index in [0.29, 0.717) is 11.4 Å². The minimum Gasteiger partial charge on any atom is -0.357 e. The molecule has 4 N–H and O–H groups in total. The first-order valence-corrected chi connectivity index (χ1v) is 6.48. The van der Waals surface area contributed by atoms with E-state index >= 15 is 0 Å². The Bertz CT molecular complexity index is 571. The molecule has 2 heterocycles. The van der Waals surface area contributed by atoms with E-state index in [0.717, 1.165) is 22.0 Å². The van der Waals surface area contributed by atoms with Crippen LogP contribution in [-0.4, -0.2) is 17.4 Å². The smallest absolute Gasteiger partial charge is 0.235 e. The molecule has 2 saturated heterocycles. The number of nitrogens with zero attached hydrogens (tertiary/aromatic N) is 1. The van der Waals surface area contributed by atoms with Gasteiger partial charge in [-0.25, -0.2) is 0 Å². The third-order valence-corrected chi connectivity index (χ3v) is 4.09. The van der Waals surface area contributed by atoms with E-state index in [2.05, 4.69) is 22.3 Å². The maximum Gasteiger partial charge on any atom is 0.235 e. The van der Waals surface area contributed by atoms with Gasteiger partial charge in [-0.1, -0.05) is 30.5 Å². The van der Waals surface area contributed by atoms with Gasteiger partial charge in [0.05, 0.1) is 28.1 Å². The highest BCUT2D eigenvalue weighted by Gasteiger charge is 2.36. The highest BCUT2D eigenvalue weighted by Crippen LogP contribution is 2.37. The van der Waals surface area contributed by atoms with Gasteiger partial charge in [0.1, 0.15) is 0 Å². The molecule has 0 spiro atoms. The fourth-order valence-corrected chi connectivity index (χ4v) is 3.17. The van der Waals surface area contributed by atoms with Gasteiger partial charge in [0.15, 0.2) is 0 Å². The normalized spacial score (nSPS) is 32.3. The van der Waals surface area contributed by atoms with Gasteiger partial charge in [0, 0.05) is 5.70 Å². The number of carbonyl (C=O) groups excluding carboxylic acids is 1. The summed E-state index contributed by atoms with van der Waals surface area (Å²) in [5.74, 6) is 5.88. The van der Waals surface area contributed by atoms with E-state index in [4.69, 9.17) is 5.84 Å². The minimum atomic E-state index is -0.0478. The molecule has 3 aliphatic rings. The molecule has 1 amide bonds. The largest absolute Gasteiger partial charge is 0.357 e. The molecule has 2 aliphatic heterocycles. The van der Waals surface area contributed by atoms with Gasteiger partial charge in [0.2, 0.25) is 5.91 Å². The number of hydrogen-bond donors (Lipinski definition) is 3. The molecule has 1 atom stereocenters. The Morgan fingerprint density at radius 2 is 2.33 bits per heavy atom. The molecule has 0 saturated carbocycles. The SMILES string of the molecule is C=C1NC2=CC=CC(=C3NC(=O)CS3)C2C1=NN. The van der Waals surface area contributed by atoms with Gasteiger partial charge in [-0.15, -0.1) is 0 Å². The van der Waals surface area contributed by atoms with Crippen molar-refractivity contribution in [3.63, 3.8) is 0 Å². The predicted octanol–water partition coefficient (Wildman–Crippen LogP) is 0.562. The van der Waals surface area contributed by atoms with Crippen LogP contribution in [0.25, 0.3) is 0 Å². The van der Waals surface area contributed by atoms with Crippen molar-refractivity contribution in [2.75, 3.05) is 5.75 Å². The van der Waals surface area contributed by atoms with Crippen molar-refractivity contribution in [1.82, 2.24) is 10.6 Å². The van der Waals surface area contributed by atoms with Crippen molar-refractivity contribution in [2.45, 2.75) is 0 Å². The second kappa shape index (κ2) is 4.06. The van der Waals surface area contributed by atoms with Gasteiger partial charge < -0.3 is 16.5 Å². The molecule has 0 aromatic heterocycles. The number of hydrogen-bond acceptors (Lipinski definition) is 5. The summed E-state index contributed by atoms with van der Waals surface area (Å²) in [7, 11) is 0. The number of fused-ring (bicyclic) bond motifs is 1. The van der Waals surface area contributed by atoms with Gasteiger partial charge in [-0.2, -0.15) is 5.10 Å². The lowest BCUT2D eigenvalue weighted by atomic mass is 9.90. The van der Waals surface area contributed by atoms with Gasteiger partial charge in [-0.3, -0.25) is 4.79 Å². The van der Waals surface area contributed by atoms with Crippen LogP contribution >= 0.6 is 11.8 Å². The zero-order valence-corrected chi connectivity index (χ0v) is 10.4. The lowest BCUT2D eigenvalue weighted by Crippen LogP contribution is -2.21. The Balaban J connectivity index is 2.08. The van der Waals surface area contributed by atoms with Crippen molar-refractivity contribution < 1.29 is 4.79 Å². The standard InChI is InChI=1S/C12H12N4OS/c1-6-11(16-13)10-7(3-2-4-8(10)14-6)12-15-9(17)5-18-12/h2-4,10,14H,1,5,13H2,(H,15,17). The number of thioether (sulfide) groups is 1. The lowest BCUT2D eigenvalue weighted by molar-refractivity contribution is -0.117. The fraction of sp³-hybridized carbons (Fsp3) is 0.167. The van der Waals surface area contributed by atoms with E-state index in [1.165, 1.54) is 11.8 Å². The number of rotatable bonds is 0. The maximum atomic E-state index is 11.3. The van der Waals surface area contributed by atoms with Crippen molar-refractivity contribution in [1.29, 1.82) is 0 Å². The molecule has 0 aromatic carbocycles. The van der Waals surface area contributed by atoms with Crippen LogP contribution in [0, 0.1) is 5.92 Å². The number of nitrogens with one attached hydrogen (secondary N) is 2. The average Bonchev–Trinajstić information content (AvgIpc) is 2.91. The summed E-state index contributed by atoms with van der Waals surface area (Å²) >= 11 is 1.51. The Kier molecular flexibility index (Phi) is 2.52. The Morgan fingerprint density at radius 1 is 1.50 bits per heavy atom. The molecule has 6 heteroatoms. The number of amides is 1. The lowest BCUT2D eigenvalue weighted by Gasteiger charge is -2.18. The molecule has 2 fully saturated rings. The number of nitrogens with two attached hydrogens (primary N) is 1. The molecule has 18 heavy (non-hydrogen) atoms. The van der Waals surface area contributed by atoms with Crippen molar-refractivity contribution in [2.24, 2.45) is 16.9 Å². The van der Waals surface area contributed by atoms with Crippen LogP contribution in [-0.2, 0) is 4.79 Å². The molecular weight excluding hydrogens is 248 g/mol. The van der Waals surface area contributed by atoms with E-state index in [-0.39, 0.29) is 11.8 Å². The molecule has 0 aromatic rings. The highest BCUT2D eigenvalue weighted by molar-refractivity contribution is 8.04. The van der Waals surface area contributed by atoms with Crippen LogP contribution < -0.4 is 16.5 Å². The molecular formula is C12H12N4OS. The van der Waals surface area contributed by atoms with Crippen molar-refractivity contribution in [3.05, 3.63) is 46.8 Å². The molecule has 3 rings (SSSR count). The summed E-state index contributed by atoms with van der Waals surface area (Å²) in [6, 6.07) is 0. The zero-order chi connectivity index (χ0) is 12.7.